The third-order valence-electron chi connectivity index (χ3n) is 1.50. The van der Waals surface area contributed by atoms with Crippen LogP contribution in [0.1, 0.15) is 5.69 Å². The van der Waals surface area contributed by atoms with E-state index >= 15 is 0 Å². The van der Waals surface area contributed by atoms with Crippen LogP contribution in [0.25, 0.3) is 0 Å². The van der Waals surface area contributed by atoms with Gasteiger partial charge < -0.3 is 11.1 Å². The van der Waals surface area contributed by atoms with Gasteiger partial charge in [0.1, 0.15) is 0 Å². The van der Waals surface area contributed by atoms with Crippen LogP contribution < -0.4 is 11.1 Å². The molecule has 0 aromatic carbocycles. The maximum absolute atomic E-state index is 5.43. The highest BCUT2D eigenvalue weighted by Gasteiger charge is 1.98. The summed E-state index contributed by atoms with van der Waals surface area (Å²) in [7, 11) is 3.45. The SMILES string of the molecule is CN=C(N)NCc1cnnn1C. The first-order valence-electron chi connectivity index (χ1n) is 3.53. The van der Waals surface area contributed by atoms with Crippen molar-refractivity contribution in [1.29, 1.82) is 0 Å². The van der Waals surface area contributed by atoms with E-state index in [9.17, 15) is 0 Å². The van der Waals surface area contributed by atoms with Crippen LogP contribution in [-0.4, -0.2) is 28.0 Å². The van der Waals surface area contributed by atoms with E-state index in [0.29, 0.717) is 12.5 Å². The summed E-state index contributed by atoms with van der Waals surface area (Å²) >= 11 is 0. The van der Waals surface area contributed by atoms with Crippen LogP contribution in [0, 0.1) is 0 Å². The Labute approximate surface area is 70.5 Å². The Balaban J connectivity index is 2.49. The Morgan fingerprint density at radius 1 is 1.83 bits per heavy atom. The lowest BCUT2D eigenvalue weighted by atomic mass is 10.5. The number of guanidine groups is 1. The Morgan fingerprint density at radius 3 is 3.08 bits per heavy atom. The fourth-order valence-corrected chi connectivity index (χ4v) is 0.731. The predicted octanol–water partition coefficient (Wildman–Crippen LogP) is -1.15. The van der Waals surface area contributed by atoms with E-state index in [0.717, 1.165) is 5.69 Å². The molecule has 0 aliphatic rings. The Kier molecular flexibility index (Phi) is 2.62. The average molecular weight is 168 g/mol. The van der Waals surface area contributed by atoms with Crippen LogP contribution in [0.5, 0.6) is 0 Å². The summed E-state index contributed by atoms with van der Waals surface area (Å²) in [5.41, 5.74) is 6.39. The van der Waals surface area contributed by atoms with E-state index < -0.39 is 0 Å². The number of hydrogen-bond acceptors (Lipinski definition) is 3. The summed E-state index contributed by atoms with van der Waals surface area (Å²) in [5, 5.41) is 10.4. The standard InChI is InChI=1S/C6H12N6/c1-8-6(7)9-3-5-4-10-11-12(5)2/h4H,3H2,1-2H3,(H3,7,8,9). The highest BCUT2D eigenvalue weighted by molar-refractivity contribution is 5.77. The molecule has 1 heterocycles. The molecular formula is C6H12N6. The van der Waals surface area contributed by atoms with Crippen molar-refractivity contribution in [2.45, 2.75) is 6.54 Å². The van der Waals surface area contributed by atoms with Crippen LogP contribution >= 0.6 is 0 Å². The number of aryl methyl sites for hydroxylation is 1. The van der Waals surface area contributed by atoms with Crippen molar-refractivity contribution < 1.29 is 0 Å². The molecule has 0 bridgehead atoms. The van der Waals surface area contributed by atoms with Crippen molar-refractivity contribution in [2.24, 2.45) is 17.8 Å². The molecule has 0 saturated carbocycles. The first-order chi connectivity index (χ1) is 5.74. The molecule has 0 spiro atoms. The third kappa shape index (κ3) is 1.94. The van der Waals surface area contributed by atoms with Gasteiger partial charge in [-0.3, -0.25) is 9.67 Å². The summed E-state index contributed by atoms with van der Waals surface area (Å²) in [4.78, 5) is 3.75. The summed E-state index contributed by atoms with van der Waals surface area (Å²) < 4.78 is 1.68. The van der Waals surface area contributed by atoms with Gasteiger partial charge in [0, 0.05) is 14.1 Å². The minimum Gasteiger partial charge on any atom is -0.370 e. The summed E-state index contributed by atoms with van der Waals surface area (Å²) in [6, 6.07) is 0. The molecule has 0 aliphatic carbocycles. The molecule has 0 fully saturated rings. The Bertz CT molecular complexity index is 275. The average Bonchev–Trinajstić information content (AvgIpc) is 2.47. The molecule has 12 heavy (non-hydrogen) atoms. The van der Waals surface area contributed by atoms with Gasteiger partial charge in [-0.1, -0.05) is 5.21 Å². The number of nitrogens with one attached hydrogen (secondary N) is 1. The first-order valence-corrected chi connectivity index (χ1v) is 3.53. The van der Waals surface area contributed by atoms with E-state index in [1.165, 1.54) is 0 Å². The molecule has 6 nitrogen and oxygen atoms in total. The molecule has 0 atom stereocenters. The zero-order chi connectivity index (χ0) is 8.97. The van der Waals surface area contributed by atoms with Gasteiger partial charge in [0.2, 0.25) is 0 Å². The van der Waals surface area contributed by atoms with Crippen molar-refractivity contribution in [3.05, 3.63) is 11.9 Å². The van der Waals surface area contributed by atoms with E-state index in [4.69, 9.17) is 5.73 Å². The van der Waals surface area contributed by atoms with Crippen molar-refractivity contribution in [2.75, 3.05) is 7.05 Å². The quantitative estimate of drug-likeness (QED) is 0.431. The second-order valence-corrected chi connectivity index (χ2v) is 2.31. The van der Waals surface area contributed by atoms with E-state index in [2.05, 4.69) is 20.6 Å². The monoisotopic (exact) mass is 168 g/mol. The highest BCUT2D eigenvalue weighted by Crippen LogP contribution is 1.90. The molecule has 0 amide bonds. The molecule has 0 saturated heterocycles. The lowest BCUT2D eigenvalue weighted by Gasteiger charge is -2.03. The first kappa shape index (κ1) is 8.51. The highest BCUT2D eigenvalue weighted by atomic mass is 15.4. The molecule has 66 valence electrons. The van der Waals surface area contributed by atoms with Gasteiger partial charge in [-0.25, -0.2) is 0 Å². The zero-order valence-electron chi connectivity index (χ0n) is 7.15. The minimum atomic E-state index is 0.413. The van der Waals surface area contributed by atoms with Gasteiger partial charge in [-0.05, 0) is 0 Å². The Hall–Kier alpha value is -1.59. The minimum absolute atomic E-state index is 0.413. The number of nitrogens with zero attached hydrogens (tertiary/aromatic N) is 4. The smallest absolute Gasteiger partial charge is 0.188 e. The lowest BCUT2D eigenvalue weighted by molar-refractivity contribution is 0.665. The summed E-state index contributed by atoms with van der Waals surface area (Å²) in [5.74, 6) is 0.413. The molecule has 3 N–H and O–H groups in total. The molecule has 6 heteroatoms. The summed E-state index contributed by atoms with van der Waals surface area (Å²) in [6.07, 6.45) is 1.68. The topological polar surface area (TPSA) is 81.1 Å². The normalized spacial score (nSPS) is 11.7. The van der Waals surface area contributed by atoms with Crippen LogP contribution in [-0.2, 0) is 13.6 Å². The second-order valence-electron chi connectivity index (χ2n) is 2.31. The number of aromatic nitrogens is 3. The van der Waals surface area contributed by atoms with Crippen LogP contribution in [0.15, 0.2) is 11.2 Å². The number of rotatable bonds is 2. The van der Waals surface area contributed by atoms with Crippen molar-refractivity contribution in [3.63, 3.8) is 0 Å². The molecule has 1 aromatic heterocycles. The van der Waals surface area contributed by atoms with Crippen LogP contribution in [0.2, 0.25) is 0 Å². The maximum atomic E-state index is 5.43. The number of aliphatic imine (C=N–C) groups is 1. The fourth-order valence-electron chi connectivity index (χ4n) is 0.731. The van der Waals surface area contributed by atoms with Crippen molar-refractivity contribution in [1.82, 2.24) is 20.3 Å². The molecular weight excluding hydrogens is 156 g/mol. The molecule has 1 rings (SSSR count). The van der Waals surface area contributed by atoms with E-state index in [1.54, 1.807) is 17.9 Å². The number of nitrogens with two attached hydrogens (primary N) is 1. The van der Waals surface area contributed by atoms with E-state index in [-0.39, 0.29) is 0 Å². The maximum Gasteiger partial charge on any atom is 0.188 e. The molecule has 1 aromatic rings. The van der Waals surface area contributed by atoms with Crippen LogP contribution in [0.3, 0.4) is 0 Å². The molecule has 0 aliphatic heterocycles. The van der Waals surface area contributed by atoms with Crippen molar-refractivity contribution >= 4 is 5.96 Å². The predicted molar refractivity (Wildman–Crippen MR) is 45.4 cm³/mol. The molecule has 0 radical (unpaired) electrons. The van der Waals surface area contributed by atoms with Gasteiger partial charge in [0.15, 0.2) is 5.96 Å². The van der Waals surface area contributed by atoms with Crippen molar-refractivity contribution in [3.8, 4) is 0 Å². The van der Waals surface area contributed by atoms with Gasteiger partial charge in [0.05, 0.1) is 18.4 Å². The van der Waals surface area contributed by atoms with Gasteiger partial charge in [0.25, 0.3) is 0 Å². The van der Waals surface area contributed by atoms with E-state index in [1.807, 2.05) is 7.05 Å². The van der Waals surface area contributed by atoms with Gasteiger partial charge in [-0.15, -0.1) is 5.10 Å². The fraction of sp³-hybridized carbons (Fsp3) is 0.500. The largest absolute Gasteiger partial charge is 0.370 e. The lowest BCUT2D eigenvalue weighted by Crippen LogP contribution is -2.31. The van der Waals surface area contributed by atoms with Crippen LogP contribution in [0.4, 0.5) is 0 Å². The second kappa shape index (κ2) is 3.70. The Morgan fingerprint density at radius 2 is 2.58 bits per heavy atom. The number of hydrogen-bond donors (Lipinski definition) is 2. The third-order valence-corrected chi connectivity index (χ3v) is 1.50. The summed E-state index contributed by atoms with van der Waals surface area (Å²) in [6.45, 7) is 0.590. The molecule has 0 unspecified atom stereocenters. The van der Waals surface area contributed by atoms with Gasteiger partial charge >= 0.3 is 0 Å². The zero-order valence-corrected chi connectivity index (χ0v) is 7.15. The van der Waals surface area contributed by atoms with Gasteiger partial charge in [-0.2, -0.15) is 0 Å².